The largest absolute Gasteiger partial charge is 0.350 e. The minimum Gasteiger partial charge on any atom is -0.350 e. The van der Waals surface area contributed by atoms with Crippen LogP contribution < -0.4 is 5.32 Å². The lowest BCUT2D eigenvalue weighted by Gasteiger charge is -2.14. The molecular weight excluding hydrogens is 358 g/mol. The van der Waals surface area contributed by atoms with E-state index < -0.39 is 0 Å². The number of nitrogens with one attached hydrogen (secondary N) is 1. The van der Waals surface area contributed by atoms with Gasteiger partial charge in [0.15, 0.2) is 0 Å². The van der Waals surface area contributed by atoms with Crippen LogP contribution in [0.3, 0.4) is 0 Å². The van der Waals surface area contributed by atoms with Gasteiger partial charge in [-0.2, -0.15) is 11.8 Å². The van der Waals surface area contributed by atoms with E-state index in [4.69, 9.17) is 0 Å². The highest BCUT2D eigenvalue weighted by molar-refractivity contribution is 9.10. The van der Waals surface area contributed by atoms with Gasteiger partial charge in [0, 0.05) is 22.4 Å². The van der Waals surface area contributed by atoms with E-state index in [9.17, 15) is 4.79 Å². The van der Waals surface area contributed by atoms with E-state index in [1.807, 2.05) is 55.5 Å². The van der Waals surface area contributed by atoms with E-state index in [-0.39, 0.29) is 11.9 Å². The van der Waals surface area contributed by atoms with Crippen LogP contribution in [0.15, 0.2) is 59.1 Å². The highest BCUT2D eigenvalue weighted by Crippen LogP contribution is 2.21. The fourth-order valence-electron chi connectivity index (χ4n) is 2.10. The SMILES string of the molecule is C[C@@H](NC(=O)CCSCc1ccccc1Br)c1ccccc1. The van der Waals surface area contributed by atoms with Gasteiger partial charge in [0.05, 0.1) is 6.04 Å². The van der Waals surface area contributed by atoms with Crippen LogP contribution >= 0.6 is 27.7 Å². The van der Waals surface area contributed by atoms with E-state index in [1.165, 1.54) is 5.56 Å². The summed E-state index contributed by atoms with van der Waals surface area (Å²) in [5.74, 6) is 1.86. The minimum atomic E-state index is 0.0574. The molecule has 2 nitrogen and oxygen atoms in total. The molecule has 0 unspecified atom stereocenters. The molecular formula is C18H20BrNOS. The Kier molecular flexibility index (Phi) is 7.00. The highest BCUT2D eigenvalue weighted by atomic mass is 79.9. The Morgan fingerprint density at radius 1 is 1.14 bits per heavy atom. The summed E-state index contributed by atoms with van der Waals surface area (Å²) in [6.45, 7) is 2.02. The van der Waals surface area contributed by atoms with Crippen molar-refractivity contribution in [3.63, 3.8) is 0 Å². The summed E-state index contributed by atoms with van der Waals surface area (Å²) in [5, 5.41) is 3.04. The van der Waals surface area contributed by atoms with Gasteiger partial charge in [-0.25, -0.2) is 0 Å². The first kappa shape index (κ1) is 17.1. The van der Waals surface area contributed by atoms with Crippen LogP contribution in [-0.2, 0) is 10.5 Å². The summed E-state index contributed by atoms with van der Waals surface area (Å²) < 4.78 is 1.13. The van der Waals surface area contributed by atoms with Crippen molar-refractivity contribution in [1.29, 1.82) is 0 Å². The van der Waals surface area contributed by atoms with E-state index >= 15 is 0 Å². The van der Waals surface area contributed by atoms with Crippen molar-refractivity contribution < 1.29 is 4.79 Å². The molecule has 0 fully saturated rings. The average Bonchev–Trinajstić information content (AvgIpc) is 2.54. The zero-order chi connectivity index (χ0) is 15.8. The van der Waals surface area contributed by atoms with E-state index in [0.29, 0.717) is 6.42 Å². The summed E-state index contributed by atoms with van der Waals surface area (Å²) in [6.07, 6.45) is 0.548. The molecule has 2 rings (SSSR count). The first-order valence-electron chi connectivity index (χ1n) is 7.32. The molecule has 0 saturated heterocycles. The van der Waals surface area contributed by atoms with Crippen molar-refractivity contribution in [3.8, 4) is 0 Å². The second-order valence-electron chi connectivity index (χ2n) is 5.09. The van der Waals surface area contributed by atoms with Gasteiger partial charge >= 0.3 is 0 Å². The Hall–Kier alpha value is -1.26. The van der Waals surface area contributed by atoms with Gasteiger partial charge in [0.2, 0.25) is 5.91 Å². The number of hydrogen-bond donors (Lipinski definition) is 1. The Morgan fingerprint density at radius 3 is 2.55 bits per heavy atom. The number of benzene rings is 2. The third-order valence-electron chi connectivity index (χ3n) is 3.37. The number of hydrogen-bond acceptors (Lipinski definition) is 2. The van der Waals surface area contributed by atoms with Crippen LogP contribution in [0.2, 0.25) is 0 Å². The van der Waals surface area contributed by atoms with E-state index in [2.05, 4.69) is 27.3 Å². The number of amides is 1. The van der Waals surface area contributed by atoms with Gasteiger partial charge < -0.3 is 5.32 Å². The lowest BCUT2D eigenvalue weighted by atomic mass is 10.1. The molecule has 22 heavy (non-hydrogen) atoms. The highest BCUT2D eigenvalue weighted by Gasteiger charge is 2.09. The van der Waals surface area contributed by atoms with Gasteiger partial charge in [0.1, 0.15) is 0 Å². The lowest BCUT2D eigenvalue weighted by molar-refractivity contribution is -0.121. The molecule has 2 aromatic rings. The normalized spacial score (nSPS) is 11.9. The van der Waals surface area contributed by atoms with Crippen molar-refractivity contribution in [2.45, 2.75) is 25.1 Å². The van der Waals surface area contributed by atoms with Crippen LogP contribution in [0.25, 0.3) is 0 Å². The lowest BCUT2D eigenvalue weighted by Crippen LogP contribution is -2.26. The van der Waals surface area contributed by atoms with Crippen LogP contribution in [-0.4, -0.2) is 11.7 Å². The number of rotatable bonds is 7. The molecule has 0 aliphatic carbocycles. The maximum absolute atomic E-state index is 12.0. The molecule has 0 spiro atoms. The molecule has 2 aromatic carbocycles. The summed E-state index contributed by atoms with van der Waals surface area (Å²) in [7, 11) is 0. The third-order valence-corrected chi connectivity index (χ3v) is 5.15. The fraction of sp³-hybridized carbons (Fsp3) is 0.278. The third kappa shape index (κ3) is 5.50. The van der Waals surface area contributed by atoms with Crippen molar-refractivity contribution in [2.75, 3.05) is 5.75 Å². The smallest absolute Gasteiger partial charge is 0.221 e. The maximum atomic E-state index is 12.0. The Morgan fingerprint density at radius 2 is 1.82 bits per heavy atom. The van der Waals surface area contributed by atoms with Gasteiger partial charge in [-0.3, -0.25) is 4.79 Å². The van der Waals surface area contributed by atoms with Crippen molar-refractivity contribution >= 4 is 33.6 Å². The summed E-state index contributed by atoms with van der Waals surface area (Å²) in [5.41, 5.74) is 2.40. The van der Waals surface area contributed by atoms with Crippen LogP contribution in [0.5, 0.6) is 0 Å². The zero-order valence-electron chi connectivity index (χ0n) is 12.6. The Bertz CT molecular complexity index is 603. The first-order chi connectivity index (χ1) is 10.7. The summed E-state index contributed by atoms with van der Waals surface area (Å²) in [4.78, 5) is 12.0. The molecule has 1 atom stereocenters. The van der Waals surface area contributed by atoms with Crippen molar-refractivity contribution in [1.82, 2.24) is 5.32 Å². The molecule has 0 saturated carbocycles. The Balaban J connectivity index is 1.69. The predicted molar refractivity (Wildman–Crippen MR) is 97.9 cm³/mol. The molecule has 4 heteroatoms. The molecule has 0 bridgehead atoms. The van der Waals surface area contributed by atoms with Gasteiger partial charge in [-0.15, -0.1) is 0 Å². The minimum absolute atomic E-state index is 0.0574. The Labute approximate surface area is 144 Å². The van der Waals surface area contributed by atoms with Crippen molar-refractivity contribution in [3.05, 3.63) is 70.2 Å². The maximum Gasteiger partial charge on any atom is 0.221 e. The summed E-state index contributed by atoms with van der Waals surface area (Å²) >= 11 is 5.32. The molecule has 0 aliphatic rings. The second kappa shape index (κ2) is 9.01. The van der Waals surface area contributed by atoms with Gasteiger partial charge in [-0.05, 0) is 24.1 Å². The molecule has 1 N–H and O–H groups in total. The number of carbonyl (C=O) groups is 1. The molecule has 0 aliphatic heterocycles. The number of carbonyl (C=O) groups excluding carboxylic acids is 1. The predicted octanol–water partition coefficient (Wildman–Crippen LogP) is 4.95. The molecule has 0 aromatic heterocycles. The summed E-state index contributed by atoms with van der Waals surface area (Å²) in [6, 6.07) is 18.3. The second-order valence-corrected chi connectivity index (χ2v) is 7.05. The topological polar surface area (TPSA) is 29.1 Å². The standard InChI is InChI=1S/C18H20BrNOS/c1-14(15-7-3-2-4-8-15)20-18(21)11-12-22-13-16-9-5-6-10-17(16)19/h2-10,14H,11-13H2,1H3,(H,20,21)/t14-/m1/s1. The van der Waals surface area contributed by atoms with Gasteiger partial charge in [-0.1, -0.05) is 64.5 Å². The van der Waals surface area contributed by atoms with Crippen LogP contribution in [0, 0.1) is 0 Å². The van der Waals surface area contributed by atoms with E-state index in [1.54, 1.807) is 11.8 Å². The molecule has 0 heterocycles. The van der Waals surface area contributed by atoms with Gasteiger partial charge in [0.25, 0.3) is 0 Å². The van der Waals surface area contributed by atoms with Crippen LogP contribution in [0.1, 0.15) is 30.5 Å². The van der Waals surface area contributed by atoms with E-state index in [0.717, 1.165) is 21.5 Å². The first-order valence-corrected chi connectivity index (χ1v) is 9.27. The monoisotopic (exact) mass is 377 g/mol. The molecule has 116 valence electrons. The fourth-order valence-corrected chi connectivity index (χ4v) is 3.66. The van der Waals surface area contributed by atoms with Crippen molar-refractivity contribution in [2.24, 2.45) is 0 Å². The van der Waals surface area contributed by atoms with Crippen LogP contribution in [0.4, 0.5) is 0 Å². The average molecular weight is 378 g/mol. The number of thioether (sulfide) groups is 1. The molecule has 1 amide bonds. The molecule has 0 radical (unpaired) electrons. The zero-order valence-corrected chi connectivity index (χ0v) is 15.0. The quantitative estimate of drug-likeness (QED) is 0.691. The number of halogens is 1.